The summed E-state index contributed by atoms with van der Waals surface area (Å²) in [6.07, 6.45) is 3.39. The number of hydrogen-bond donors (Lipinski definition) is 0. The van der Waals surface area contributed by atoms with E-state index in [1.807, 2.05) is 18.2 Å². The van der Waals surface area contributed by atoms with Crippen LogP contribution in [0.2, 0.25) is 0 Å². The van der Waals surface area contributed by atoms with Gasteiger partial charge in [0.25, 0.3) is 0 Å². The molecule has 1 aliphatic rings. The Kier molecular flexibility index (Phi) is 4.70. The zero-order valence-corrected chi connectivity index (χ0v) is 12.0. The van der Waals surface area contributed by atoms with E-state index in [1.165, 1.54) is 11.3 Å². The molecular formula is C15H21NOS. The van der Waals surface area contributed by atoms with E-state index >= 15 is 0 Å². The smallest absolute Gasteiger partial charge is 0.233 e. The first kappa shape index (κ1) is 13.5. The maximum absolute atomic E-state index is 12.3. The predicted molar refractivity (Wildman–Crippen MR) is 76.8 cm³/mol. The van der Waals surface area contributed by atoms with E-state index in [-0.39, 0.29) is 0 Å². The minimum atomic E-state index is 0.292. The van der Waals surface area contributed by atoms with E-state index in [4.69, 9.17) is 0 Å². The van der Waals surface area contributed by atoms with Gasteiger partial charge in [-0.05, 0) is 38.3 Å². The Labute approximate surface area is 114 Å². The van der Waals surface area contributed by atoms with Crippen LogP contribution in [0.15, 0.2) is 35.2 Å². The van der Waals surface area contributed by atoms with Gasteiger partial charge < -0.3 is 4.90 Å². The fourth-order valence-electron chi connectivity index (χ4n) is 2.66. The highest BCUT2D eigenvalue weighted by Crippen LogP contribution is 2.27. The van der Waals surface area contributed by atoms with Gasteiger partial charge in [-0.3, -0.25) is 4.79 Å². The summed E-state index contributed by atoms with van der Waals surface area (Å²) in [5.74, 6) is 0.853. The molecule has 98 valence electrons. The molecule has 2 nitrogen and oxygen atoms in total. The average Bonchev–Trinajstić information content (AvgIpc) is 2.78. The molecule has 0 aliphatic carbocycles. The summed E-state index contributed by atoms with van der Waals surface area (Å²) in [7, 11) is 0. The van der Waals surface area contributed by atoms with Crippen LogP contribution in [-0.4, -0.2) is 28.6 Å². The predicted octanol–water partition coefficient (Wildman–Crippen LogP) is 3.57. The molecule has 1 fully saturated rings. The first-order chi connectivity index (χ1) is 8.72. The van der Waals surface area contributed by atoms with Crippen molar-refractivity contribution in [2.24, 2.45) is 0 Å². The van der Waals surface area contributed by atoms with Gasteiger partial charge in [0.1, 0.15) is 0 Å². The highest BCUT2D eigenvalue weighted by atomic mass is 32.2. The number of benzene rings is 1. The van der Waals surface area contributed by atoms with Crippen LogP contribution >= 0.6 is 11.8 Å². The number of amides is 1. The Bertz CT molecular complexity index is 393. The zero-order chi connectivity index (χ0) is 13.0. The molecule has 1 aromatic rings. The normalized spacial score (nSPS) is 23.3. The van der Waals surface area contributed by atoms with Crippen molar-refractivity contribution in [2.75, 3.05) is 5.75 Å². The second-order valence-electron chi connectivity index (χ2n) is 4.89. The lowest BCUT2D eigenvalue weighted by atomic mass is 10.1. The van der Waals surface area contributed by atoms with Gasteiger partial charge in [0, 0.05) is 17.0 Å². The number of hydrogen-bond acceptors (Lipinski definition) is 2. The molecule has 18 heavy (non-hydrogen) atoms. The number of carbonyl (C=O) groups excluding carboxylic acids is 1. The van der Waals surface area contributed by atoms with Gasteiger partial charge in [-0.1, -0.05) is 25.1 Å². The van der Waals surface area contributed by atoms with Gasteiger partial charge in [0.05, 0.1) is 5.75 Å². The fourth-order valence-corrected chi connectivity index (χ4v) is 3.45. The number of thioether (sulfide) groups is 1. The molecule has 0 N–H and O–H groups in total. The third-order valence-corrected chi connectivity index (χ3v) is 4.65. The lowest BCUT2D eigenvalue weighted by Gasteiger charge is -2.27. The molecule has 1 heterocycles. The molecule has 1 aliphatic heterocycles. The number of nitrogens with zero attached hydrogens (tertiary/aromatic N) is 1. The van der Waals surface area contributed by atoms with E-state index in [9.17, 15) is 4.79 Å². The summed E-state index contributed by atoms with van der Waals surface area (Å²) in [5, 5.41) is 0. The first-order valence-corrected chi connectivity index (χ1v) is 7.70. The molecule has 0 saturated carbocycles. The van der Waals surface area contributed by atoms with E-state index in [2.05, 4.69) is 30.9 Å². The Balaban J connectivity index is 1.91. The zero-order valence-electron chi connectivity index (χ0n) is 11.1. The maximum Gasteiger partial charge on any atom is 0.233 e. The van der Waals surface area contributed by atoms with Crippen LogP contribution in [0, 0.1) is 0 Å². The van der Waals surface area contributed by atoms with Crippen LogP contribution in [0.4, 0.5) is 0 Å². The topological polar surface area (TPSA) is 20.3 Å². The van der Waals surface area contributed by atoms with E-state index in [0.717, 1.165) is 12.8 Å². The number of rotatable bonds is 4. The molecule has 1 aromatic carbocycles. The largest absolute Gasteiger partial charge is 0.336 e. The summed E-state index contributed by atoms with van der Waals surface area (Å²) in [6.45, 7) is 4.34. The molecule has 0 unspecified atom stereocenters. The summed E-state index contributed by atoms with van der Waals surface area (Å²) in [4.78, 5) is 15.6. The molecule has 3 heteroatoms. The van der Waals surface area contributed by atoms with Gasteiger partial charge in [0.15, 0.2) is 0 Å². The van der Waals surface area contributed by atoms with Crippen molar-refractivity contribution in [3.63, 3.8) is 0 Å². The monoisotopic (exact) mass is 263 g/mol. The van der Waals surface area contributed by atoms with E-state index in [0.29, 0.717) is 23.7 Å². The highest BCUT2D eigenvalue weighted by molar-refractivity contribution is 8.00. The van der Waals surface area contributed by atoms with Crippen LogP contribution < -0.4 is 0 Å². The van der Waals surface area contributed by atoms with Crippen LogP contribution in [0.25, 0.3) is 0 Å². The van der Waals surface area contributed by atoms with Crippen LogP contribution in [0.5, 0.6) is 0 Å². The maximum atomic E-state index is 12.3. The summed E-state index contributed by atoms with van der Waals surface area (Å²) >= 11 is 1.64. The molecule has 1 saturated heterocycles. The van der Waals surface area contributed by atoms with Crippen molar-refractivity contribution in [3.05, 3.63) is 30.3 Å². The quantitative estimate of drug-likeness (QED) is 0.774. The Morgan fingerprint density at radius 1 is 1.33 bits per heavy atom. The van der Waals surface area contributed by atoms with Crippen LogP contribution in [0.1, 0.15) is 33.1 Å². The highest BCUT2D eigenvalue weighted by Gasteiger charge is 2.32. The molecule has 1 amide bonds. The summed E-state index contributed by atoms with van der Waals surface area (Å²) in [6, 6.07) is 11.0. The van der Waals surface area contributed by atoms with Crippen molar-refractivity contribution >= 4 is 17.7 Å². The standard InChI is InChI=1S/C15H21NOS/c1-3-13-10-9-12(2)16(13)15(17)11-18-14-7-5-4-6-8-14/h4-8,12-13H,3,9-11H2,1-2H3/t12-,13-/m0/s1. The minimum Gasteiger partial charge on any atom is -0.336 e. The molecule has 0 spiro atoms. The summed E-state index contributed by atoms with van der Waals surface area (Å²) in [5.41, 5.74) is 0. The Morgan fingerprint density at radius 3 is 2.72 bits per heavy atom. The van der Waals surface area contributed by atoms with Crippen molar-refractivity contribution in [1.82, 2.24) is 4.90 Å². The van der Waals surface area contributed by atoms with Gasteiger partial charge in [-0.15, -0.1) is 11.8 Å². The average molecular weight is 263 g/mol. The van der Waals surface area contributed by atoms with Crippen LogP contribution in [0.3, 0.4) is 0 Å². The first-order valence-electron chi connectivity index (χ1n) is 6.71. The molecule has 0 aromatic heterocycles. The second-order valence-corrected chi connectivity index (χ2v) is 5.94. The SMILES string of the molecule is CC[C@H]1CC[C@H](C)N1C(=O)CSc1ccccc1. The Hall–Kier alpha value is -0.960. The Morgan fingerprint density at radius 2 is 2.06 bits per heavy atom. The number of likely N-dealkylation sites (tertiary alicyclic amines) is 1. The molecule has 0 bridgehead atoms. The van der Waals surface area contributed by atoms with E-state index in [1.54, 1.807) is 11.8 Å². The van der Waals surface area contributed by atoms with Crippen molar-refractivity contribution in [3.8, 4) is 0 Å². The van der Waals surface area contributed by atoms with Gasteiger partial charge in [-0.25, -0.2) is 0 Å². The second kappa shape index (κ2) is 6.28. The van der Waals surface area contributed by atoms with Crippen molar-refractivity contribution in [1.29, 1.82) is 0 Å². The van der Waals surface area contributed by atoms with Gasteiger partial charge in [0.2, 0.25) is 5.91 Å². The third-order valence-electron chi connectivity index (χ3n) is 3.65. The summed E-state index contributed by atoms with van der Waals surface area (Å²) < 4.78 is 0. The van der Waals surface area contributed by atoms with Gasteiger partial charge >= 0.3 is 0 Å². The third kappa shape index (κ3) is 3.08. The molecule has 2 rings (SSSR count). The van der Waals surface area contributed by atoms with Gasteiger partial charge in [-0.2, -0.15) is 0 Å². The number of carbonyl (C=O) groups is 1. The van der Waals surface area contributed by atoms with Crippen molar-refractivity contribution in [2.45, 2.75) is 50.1 Å². The van der Waals surface area contributed by atoms with Crippen molar-refractivity contribution < 1.29 is 4.79 Å². The molecule has 2 atom stereocenters. The molecule has 0 radical (unpaired) electrons. The lowest BCUT2D eigenvalue weighted by Crippen LogP contribution is -2.40. The molecular weight excluding hydrogens is 242 g/mol. The van der Waals surface area contributed by atoms with Crippen LogP contribution in [-0.2, 0) is 4.79 Å². The fraction of sp³-hybridized carbons (Fsp3) is 0.533. The minimum absolute atomic E-state index is 0.292. The van der Waals surface area contributed by atoms with E-state index < -0.39 is 0 Å². The lowest BCUT2D eigenvalue weighted by molar-refractivity contribution is -0.130.